The number of rotatable bonds is 4. The van der Waals surface area contributed by atoms with Gasteiger partial charge in [0.1, 0.15) is 5.54 Å². The van der Waals surface area contributed by atoms with Gasteiger partial charge in [0.2, 0.25) is 0 Å². The highest BCUT2D eigenvalue weighted by Crippen LogP contribution is 2.34. The van der Waals surface area contributed by atoms with Crippen LogP contribution in [0.4, 0.5) is 0 Å². The van der Waals surface area contributed by atoms with Crippen LogP contribution in [0.2, 0.25) is 0 Å². The average Bonchev–Trinajstić information content (AvgIpc) is 3.00. The molecule has 92 valence electrons. The van der Waals surface area contributed by atoms with Crippen molar-refractivity contribution in [2.75, 3.05) is 20.2 Å². The monoisotopic (exact) mass is 226 g/mol. The fourth-order valence-electron chi connectivity index (χ4n) is 2.68. The molecule has 4 heteroatoms. The zero-order valence-electron chi connectivity index (χ0n) is 10.5. The third kappa shape index (κ3) is 2.23. The largest absolute Gasteiger partial charge is 0.468 e. The van der Waals surface area contributed by atoms with Gasteiger partial charge in [0.15, 0.2) is 0 Å². The highest BCUT2D eigenvalue weighted by molar-refractivity contribution is 5.81. The molecule has 1 saturated carbocycles. The van der Waals surface area contributed by atoms with Gasteiger partial charge in [-0.25, -0.2) is 0 Å². The summed E-state index contributed by atoms with van der Waals surface area (Å²) >= 11 is 0. The lowest BCUT2D eigenvalue weighted by atomic mass is 9.97. The van der Waals surface area contributed by atoms with Crippen molar-refractivity contribution in [1.29, 1.82) is 0 Å². The average molecular weight is 226 g/mol. The summed E-state index contributed by atoms with van der Waals surface area (Å²) in [5.41, 5.74) is -0.467. The Morgan fingerprint density at radius 1 is 1.50 bits per heavy atom. The number of esters is 1. The Balaban J connectivity index is 2.06. The summed E-state index contributed by atoms with van der Waals surface area (Å²) < 4.78 is 4.96. The van der Waals surface area contributed by atoms with E-state index < -0.39 is 5.54 Å². The first-order chi connectivity index (χ1) is 7.57. The van der Waals surface area contributed by atoms with Gasteiger partial charge >= 0.3 is 5.97 Å². The topological polar surface area (TPSA) is 41.6 Å². The Hall–Kier alpha value is -0.610. The Bertz CT molecular complexity index is 276. The second-order valence-corrected chi connectivity index (χ2v) is 5.32. The van der Waals surface area contributed by atoms with Gasteiger partial charge in [-0.3, -0.25) is 15.0 Å². The van der Waals surface area contributed by atoms with E-state index in [1.54, 1.807) is 0 Å². The van der Waals surface area contributed by atoms with Crippen LogP contribution in [0, 0.1) is 0 Å². The van der Waals surface area contributed by atoms with Crippen molar-refractivity contribution in [3.05, 3.63) is 0 Å². The summed E-state index contributed by atoms with van der Waals surface area (Å²) in [4.78, 5) is 14.4. The summed E-state index contributed by atoms with van der Waals surface area (Å²) in [5, 5.41) is 3.40. The molecule has 4 nitrogen and oxygen atoms in total. The maximum Gasteiger partial charge on any atom is 0.327 e. The van der Waals surface area contributed by atoms with Crippen LogP contribution in [0.5, 0.6) is 0 Å². The van der Waals surface area contributed by atoms with Crippen LogP contribution in [0.15, 0.2) is 0 Å². The van der Waals surface area contributed by atoms with E-state index in [9.17, 15) is 4.79 Å². The summed E-state index contributed by atoms with van der Waals surface area (Å²) in [6.07, 6.45) is 3.45. The molecule has 0 bridgehead atoms. The second kappa shape index (κ2) is 4.34. The number of ether oxygens (including phenoxy) is 1. The maximum atomic E-state index is 11.9. The number of methoxy groups -OCH3 is 1. The molecule has 2 rings (SSSR count). The molecule has 2 fully saturated rings. The van der Waals surface area contributed by atoms with Gasteiger partial charge in [-0.05, 0) is 33.1 Å². The van der Waals surface area contributed by atoms with Crippen molar-refractivity contribution in [3.63, 3.8) is 0 Å². The van der Waals surface area contributed by atoms with Crippen molar-refractivity contribution < 1.29 is 9.53 Å². The minimum Gasteiger partial charge on any atom is -0.468 e. The molecule has 2 aliphatic rings. The molecule has 0 aromatic carbocycles. The molecular weight excluding hydrogens is 204 g/mol. The normalized spacial score (nSPS) is 31.0. The first-order valence-electron chi connectivity index (χ1n) is 6.17. The minimum atomic E-state index is -0.467. The van der Waals surface area contributed by atoms with Gasteiger partial charge in [-0.2, -0.15) is 0 Å². The van der Waals surface area contributed by atoms with Crippen molar-refractivity contribution >= 4 is 5.97 Å². The van der Waals surface area contributed by atoms with Crippen molar-refractivity contribution in [1.82, 2.24) is 10.2 Å². The van der Waals surface area contributed by atoms with E-state index in [1.165, 1.54) is 20.0 Å². The SMILES string of the molecule is COC(=O)C1(NC(C)C)CCN(C2CC2)C1. The highest BCUT2D eigenvalue weighted by atomic mass is 16.5. The molecule has 0 radical (unpaired) electrons. The molecule has 0 aromatic heterocycles. The van der Waals surface area contributed by atoms with Crippen LogP contribution in [-0.2, 0) is 9.53 Å². The van der Waals surface area contributed by atoms with Crippen LogP contribution in [0.1, 0.15) is 33.1 Å². The molecule has 1 aliphatic heterocycles. The number of likely N-dealkylation sites (tertiary alicyclic amines) is 1. The van der Waals surface area contributed by atoms with Crippen molar-refractivity contribution in [2.24, 2.45) is 0 Å². The second-order valence-electron chi connectivity index (χ2n) is 5.32. The van der Waals surface area contributed by atoms with E-state index in [1.807, 2.05) is 0 Å². The number of hydrogen-bond acceptors (Lipinski definition) is 4. The molecule has 0 amide bonds. The molecular formula is C12H22N2O2. The summed E-state index contributed by atoms with van der Waals surface area (Å²) in [6.45, 7) is 5.97. The van der Waals surface area contributed by atoms with Crippen LogP contribution in [0.25, 0.3) is 0 Å². The summed E-state index contributed by atoms with van der Waals surface area (Å²) in [5.74, 6) is -0.107. The first kappa shape index (κ1) is 11.9. The number of carbonyl (C=O) groups excluding carboxylic acids is 1. The fraction of sp³-hybridized carbons (Fsp3) is 0.917. The lowest BCUT2D eigenvalue weighted by Crippen LogP contribution is -2.57. The van der Waals surface area contributed by atoms with E-state index >= 15 is 0 Å². The van der Waals surface area contributed by atoms with Crippen LogP contribution >= 0.6 is 0 Å². The molecule has 1 atom stereocenters. The van der Waals surface area contributed by atoms with Gasteiger partial charge in [0.25, 0.3) is 0 Å². The molecule has 1 saturated heterocycles. The summed E-state index contributed by atoms with van der Waals surface area (Å²) in [6, 6.07) is 1.03. The van der Waals surface area contributed by atoms with E-state index in [2.05, 4.69) is 24.1 Å². The molecule has 0 spiro atoms. The Morgan fingerprint density at radius 3 is 2.69 bits per heavy atom. The Morgan fingerprint density at radius 2 is 2.19 bits per heavy atom. The number of nitrogens with one attached hydrogen (secondary N) is 1. The van der Waals surface area contributed by atoms with E-state index in [4.69, 9.17) is 4.74 Å². The van der Waals surface area contributed by atoms with Crippen LogP contribution in [0.3, 0.4) is 0 Å². The Labute approximate surface area is 97.3 Å². The first-order valence-corrected chi connectivity index (χ1v) is 6.17. The Kier molecular flexibility index (Phi) is 3.22. The third-order valence-electron chi connectivity index (χ3n) is 3.50. The minimum absolute atomic E-state index is 0.107. The molecule has 1 heterocycles. The van der Waals surface area contributed by atoms with Gasteiger partial charge in [0, 0.05) is 25.2 Å². The lowest BCUT2D eigenvalue weighted by molar-refractivity contribution is -0.148. The van der Waals surface area contributed by atoms with Gasteiger partial charge in [-0.15, -0.1) is 0 Å². The lowest BCUT2D eigenvalue weighted by Gasteiger charge is -2.30. The van der Waals surface area contributed by atoms with Gasteiger partial charge in [-0.1, -0.05) is 0 Å². The molecule has 16 heavy (non-hydrogen) atoms. The highest BCUT2D eigenvalue weighted by Gasteiger charge is 2.48. The van der Waals surface area contributed by atoms with E-state index in [0.29, 0.717) is 6.04 Å². The smallest absolute Gasteiger partial charge is 0.327 e. The van der Waals surface area contributed by atoms with Crippen LogP contribution in [-0.4, -0.2) is 48.7 Å². The number of nitrogens with zero attached hydrogens (tertiary/aromatic N) is 1. The van der Waals surface area contributed by atoms with Crippen molar-refractivity contribution in [2.45, 2.75) is 50.7 Å². The number of hydrogen-bond donors (Lipinski definition) is 1. The molecule has 1 N–H and O–H groups in total. The standard InChI is InChI=1S/C12H22N2O2/c1-9(2)13-12(11(15)16-3)6-7-14(8-12)10-4-5-10/h9-10,13H,4-8H2,1-3H3. The molecule has 1 unspecified atom stereocenters. The maximum absolute atomic E-state index is 11.9. The molecule has 0 aromatic rings. The number of carbonyl (C=O) groups is 1. The van der Waals surface area contributed by atoms with Crippen LogP contribution < -0.4 is 5.32 Å². The zero-order valence-corrected chi connectivity index (χ0v) is 10.5. The van der Waals surface area contributed by atoms with Crippen molar-refractivity contribution in [3.8, 4) is 0 Å². The van der Waals surface area contributed by atoms with E-state index in [0.717, 1.165) is 25.6 Å². The predicted molar refractivity (Wildman–Crippen MR) is 62.2 cm³/mol. The third-order valence-corrected chi connectivity index (χ3v) is 3.50. The van der Waals surface area contributed by atoms with Gasteiger partial charge < -0.3 is 4.74 Å². The van der Waals surface area contributed by atoms with Gasteiger partial charge in [0.05, 0.1) is 7.11 Å². The van der Waals surface area contributed by atoms with E-state index in [-0.39, 0.29) is 5.97 Å². The quantitative estimate of drug-likeness (QED) is 0.719. The predicted octanol–water partition coefficient (Wildman–Crippen LogP) is 0.764. The molecule has 1 aliphatic carbocycles. The fourth-order valence-corrected chi connectivity index (χ4v) is 2.68. The summed E-state index contributed by atoms with van der Waals surface area (Å²) in [7, 11) is 1.48. The zero-order chi connectivity index (χ0) is 11.8.